The molecular formula is C15H21N3O3S. The summed E-state index contributed by atoms with van der Waals surface area (Å²) in [7, 11) is 0. The van der Waals surface area contributed by atoms with Gasteiger partial charge in [-0.25, -0.2) is 4.98 Å². The first kappa shape index (κ1) is 16.6. The summed E-state index contributed by atoms with van der Waals surface area (Å²) in [5.41, 5.74) is 0.0858. The van der Waals surface area contributed by atoms with E-state index in [9.17, 15) is 14.7 Å². The molecule has 0 bridgehead atoms. The molecule has 120 valence electrons. The highest BCUT2D eigenvalue weighted by Gasteiger charge is 2.26. The van der Waals surface area contributed by atoms with Gasteiger partial charge in [0.2, 0.25) is 0 Å². The van der Waals surface area contributed by atoms with E-state index in [1.165, 1.54) is 21.9 Å². The Kier molecular flexibility index (Phi) is 4.97. The molecule has 0 unspecified atom stereocenters. The third-order valence-electron chi connectivity index (χ3n) is 4.32. The van der Waals surface area contributed by atoms with Gasteiger partial charge in [0.1, 0.15) is 5.56 Å². The quantitative estimate of drug-likeness (QED) is 0.845. The highest BCUT2D eigenvalue weighted by Crippen LogP contribution is 2.24. The molecule has 2 rings (SSSR count). The molecule has 0 fully saturated rings. The molecule has 2 aromatic rings. The Hall–Kier alpha value is -1.73. The number of rotatable bonds is 6. The molecule has 22 heavy (non-hydrogen) atoms. The maximum Gasteiger partial charge on any atom is 0.271 e. The van der Waals surface area contributed by atoms with Crippen LogP contribution >= 0.6 is 11.3 Å². The van der Waals surface area contributed by atoms with Crippen LogP contribution in [0.1, 0.15) is 42.7 Å². The van der Waals surface area contributed by atoms with Crippen molar-refractivity contribution in [3.05, 3.63) is 33.2 Å². The van der Waals surface area contributed by atoms with Gasteiger partial charge < -0.3 is 10.4 Å². The minimum atomic E-state index is -0.447. The average molecular weight is 323 g/mol. The van der Waals surface area contributed by atoms with Crippen molar-refractivity contribution in [1.29, 1.82) is 0 Å². The lowest BCUT2D eigenvalue weighted by molar-refractivity contribution is 0.0849. The summed E-state index contributed by atoms with van der Waals surface area (Å²) >= 11 is 1.36. The van der Waals surface area contributed by atoms with Crippen LogP contribution in [0.5, 0.6) is 0 Å². The van der Waals surface area contributed by atoms with Crippen molar-refractivity contribution in [3.63, 3.8) is 0 Å². The van der Waals surface area contributed by atoms with Crippen LogP contribution in [0.15, 0.2) is 16.4 Å². The molecule has 7 heteroatoms. The summed E-state index contributed by atoms with van der Waals surface area (Å²) < 4.78 is 1.44. The van der Waals surface area contributed by atoms with Crippen LogP contribution in [0.3, 0.4) is 0 Å². The third-order valence-corrected chi connectivity index (χ3v) is 5.28. The first-order chi connectivity index (χ1) is 10.5. The van der Waals surface area contributed by atoms with Gasteiger partial charge in [0, 0.05) is 29.2 Å². The lowest BCUT2D eigenvalue weighted by Crippen LogP contribution is -2.41. The van der Waals surface area contributed by atoms with Gasteiger partial charge in [0.25, 0.3) is 11.5 Å². The van der Waals surface area contributed by atoms with Crippen molar-refractivity contribution in [2.75, 3.05) is 13.2 Å². The molecule has 1 amide bonds. The molecule has 0 aliphatic rings. The Morgan fingerprint density at radius 2 is 2.14 bits per heavy atom. The first-order valence-electron chi connectivity index (χ1n) is 7.33. The fourth-order valence-electron chi connectivity index (χ4n) is 2.32. The summed E-state index contributed by atoms with van der Waals surface area (Å²) in [6.45, 7) is 6.09. The lowest BCUT2D eigenvalue weighted by Gasteiger charge is -2.29. The second kappa shape index (κ2) is 6.58. The molecule has 0 aliphatic carbocycles. The number of aliphatic hydroxyl groups excluding tert-OH is 1. The van der Waals surface area contributed by atoms with Crippen LogP contribution in [0.4, 0.5) is 0 Å². The summed E-state index contributed by atoms with van der Waals surface area (Å²) in [5.74, 6) is -0.447. The molecule has 2 aromatic heterocycles. The van der Waals surface area contributed by atoms with Gasteiger partial charge in [-0.2, -0.15) is 0 Å². The van der Waals surface area contributed by atoms with Crippen LogP contribution in [0, 0.1) is 12.3 Å². The van der Waals surface area contributed by atoms with E-state index in [1.807, 2.05) is 19.2 Å². The zero-order valence-electron chi connectivity index (χ0n) is 13.0. The number of hydrogen-bond donors (Lipinski definition) is 2. The largest absolute Gasteiger partial charge is 0.396 e. The number of hydrogen-bond acceptors (Lipinski definition) is 5. The number of carbonyl (C=O) groups is 1. The number of amides is 1. The third kappa shape index (κ3) is 2.91. The van der Waals surface area contributed by atoms with Crippen LogP contribution < -0.4 is 10.9 Å². The van der Waals surface area contributed by atoms with Crippen molar-refractivity contribution in [3.8, 4) is 0 Å². The monoisotopic (exact) mass is 323 g/mol. The molecule has 2 N–H and O–H groups in total. The molecule has 2 heterocycles. The van der Waals surface area contributed by atoms with Gasteiger partial charge in [-0.05, 0) is 19.8 Å². The Balaban J connectivity index is 2.25. The average Bonchev–Trinajstić information content (AvgIpc) is 2.91. The van der Waals surface area contributed by atoms with Gasteiger partial charge in [-0.3, -0.25) is 14.0 Å². The zero-order valence-corrected chi connectivity index (χ0v) is 13.9. The number of aliphatic hydroxyl groups is 1. The van der Waals surface area contributed by atoms with E-state index in [4.69, 9.17) is 0 Å². The van der Waals surface area contributed by atoms with E-state index in [0.717, 1.165) is 18.5 Å². The van der Waals surface area contributed by atoms with Gasteiger partial charge in [-0.1, -0.05) is 13.8 Å². The summed E-state index contributed by atoms with van der Waals surface area (Å²) in [6.07, 6.45) is 2.82. The number of aromatic nitrogens is 2. The van der Waals surface area contributed by atoms with E-state index in [-0.39, 0.29) is 23.1 Å². The normalized spacial score (nSPS) is 11.8. The molecule has 0 atom stereocenters. The summed E-state index contributed by atoms with van der Waals surface area (Å²) in [4.78, 5) is 29.4. The number of fused-ring (bicyclic) bond motifs is 1. The fraction of sp³-hybridized carbons (Fsp3) is 0.533. The molecule has 0 aliphatic heterocycles. The molecular weight excluding hydrogens is 302 g/mol. The van der Waals surface area contributed by atoms with Crippen LogP contribution in [-0.4, -0.2) is 33.6 Å². The van der Waals surface area contributed by atoms with E-state index >= 15 is 0 Å². The number of aryl methyl sites for hydroxylation is 1. The van der Waals surface area contributed by atoms with Crippen molar-refractivity contribution in [2.24, 2.45) is 5.41 Å². The topological polar surface area (TPSA) is 83.7 Å². The van der Waals surface area contributed by atoms with Gasteiger partial charge in [-0.15, -0.1) is 11.3 Å². The maximum absolute atomic E-state index is 12.4. The number of nitrogens with one attached hydrogen (secondary N) is 1. The second-order valence-corrected chi connectivity index (χ2v) is 6.36. The maximum atomic E-state index is 12.4. The highest BCUT2D eigenvalue weighted by molar-refractivity contribution is 7.15. The Morgan fingerprint density at radius 1 is 1.45 bits per heavy atom. The Labute approximate surface area is 132 Å². The van der Waals surface area contributed by atoms with E-state index in [2.05, 4.69) is 10.3 Å². The van der Waals surface area contributed by atoms with Gasteiger partial charge >= 0.3 is 0 Å². The highest BCUT2D eigenvalue weighted by atomic mass is 32.1. The van der Waals surface area contributed by atoms with Crippen molar-refractivity contribution in [1.82, 2.24) is 14.7 Å². The smallest absolute Gasteiger partial charge is 0.271 e. The molecule has 0 radical (unpaired) electrons. The number of thiazole rings is 1. The van der Waals surface area contributed by atoms with Crippen molar-refractivity contribution < 1.29 is 9.90 Å². The minimum Gasteiger partial charge on any atom is -0.396 e. The summed E-state index contributed by atoms with van der Waals surface area (Å²) in [5, 5.41) is 14.1. The molecule has 0 saturated heterocycles. The van der Waals surface area contributed by atoms with Crippen molar-refractivity contribution >= 4 is 22.2 Å². The number of carbonyl (C=O) groups excluding carboxylic acids is 1. The molecule has 0 spiro atoms. The Bertz CT molecular complexity index is 723. The van der Waals surface area contributed by atoms with Gasteiger partial charge in [0.15, 0.2) is 4.96 Å². The first-order valence-corrected chi connectivity index (χ1v) is 8.21. The van der Waals surface area contributed by atoms with Crippen LogP contribution in [0.2, 0.25) is 0 Å². The lowest BCUT2D eigenvalue weighted by atomic mass is 9.83. The predicted octanol–water partition coefficient (Wildman–Crippen LogP) is 1.59. The fourth-order valence-corrected chi connectivity index (χ4v) is 3.15. The van der Waals surface area contributed by atoms with E-state index in [1.54, 1.807) is 6.92 Å². The Morgan fingerprint density at radius 3 is 2.73 bits per heavy atom. The number of nitrogens with zero attached hydrogens (tertiary/aromatic N) is 2. The van der Waals surface area contributed by atoms with Crippen LogP contribution in [-0.2, 0) is 0 Å². The predicted molar refractivity (Wildman–Crippen MR) is 86.5 cm³/mol. The molecule has 0 saturated carbocycles. The molecule has 6 nitrogen and oxygen atoms in total. The van der Waals surface area contributed by atoms with E-state index in [0.29, 0.717) is 11.5 Å². The van der Waals surface area contributed by atoms with Crippen LogP contribution in [0.25, 0.3) is 4.96 Å². The standard InChI is InChI=1S/C15H21N3O3S/c1-4-15(5-2,9-19)8-17-12(20)11-6-16-14-18(13(11)21)10(3)7-22-14/h6-7,19H,4-5,8-9H2,1-3H3,(H,17,20). The zero-order chi connectivity index (χ0) is 16.3. The van der Waals surface area contributed by atoms with E-state index < -0.39 is 5.91 Å². The molecule has 0 aromatic carbocycles. The summed E-state index contributed by atoms with van der Waals surface area (Å²) in [6, 6.07) is 0. The minimum absolute atomic E-state index is 0.000184. The van der Waals surface area contributed by atoms with Gasteiger partial charge in [0.05, 0.1) is 6.61 Å². The second-order valence-electron chi connectivity index (χ2n) is 5.52. The SMILES string of the molecule is CCC(CC)(CO)CNC(=O)c1cnc2scc(C)n2c1=O. The van der Waals surface area contributed by atoms with Crippen molar-refractivity contribution in [2.45, 2.75) is 33.6 Å².